The van der Waals surface area contributed by atoms with Gasteiger partial charge in [0.1, 0.15) is 5.82 Å². The number of hydrogen-bond acceptors (Lipinski definition) is 6. The second-order valence-electron chi connectivity index (χ2n) is 13.1. The predicted octanol–water partition coefficient (Wildman–Crippen LogP) is 5.96. The molecule has 3 aromatic carbocycles. The van der Waals surface area contributed by atoms with Crippen molar-refractivity contribution in [2.75, 3.05) is 0 Å². The SMILES string of the molecule is O=c1c2c(nc(C3CCCCC3)n2Cc2ccc(-c3ccccc3-c3nnn[nH]3)cc2)n(CCc2ccccc2)c(=O)n1CC1CC1. The van der Waals surface area contributed by atoms with Crippen molar-refractivity contribution in [2.45, 2.75) is 76.9 Å². The Bertz CT molecular complexity index is 2120. The summed E-state index contributed by atoms with van der Waals surface area (Å²) in [6.07, 6.45) is 8.41. The summed E-state index contributed by atoms with van der Waals surface area (Å²) in [5, 5.41) is 14.5. The fraction of sp³-hybridized carbons (Fsp3) is 0.351. The molecule has 6 aromatic rings. The van der Waals surface area contributed by atoms with Gasteiger partial charge in [0.15, 0.2) is 17.0 Å². The molecule has 0 unspecified atom stereocenters. The van der Waals surface area contributed by atoms with Crippen LogP contribution in [0.25, 0.3) is 33.7 Å². The molecule has 3 aromatic heterocycles. The van der Waals surface area contributed by atoms with Crippen LogP contribution in [0.5, 0.6) is 0 Å². The van der Waals surface area contributed by atoms with E-state index in [9.17, 15) is 9.59 Å². The van der Waals surface area contributed by atoms with Crippen molar-refractivity contribution < 1.29 is 0 Å². The van der Waals surface area contributed by atoms with Crippen molar-refractivity contribution in [3.05, 3.63) is 117 Å². The molecule has 3 heterocycles. The molecule has 0 amide bonds. The fourth-order valence-corrected chi connectivity index (χ4v) is 7.13. The van der Waals surface area contributed by atoms with Crippen LogP contribution in [0.3, 0.4) is 0 Å². The van der Waals surface area contributed by atoms with Crippen molar-refractivity contribution in [2.24, 2.45) is 5.92 Å². The highest BCUT2D eigenvalue weighted by atomic mass is 16.2. The lowest BCUT2D eigenvalue weighted by atomic mass is 9.88. The van der Waals surface area contributed by atoms with E-state index in [0.717, 1.165) is 72.2 Å². The number of imidazole rings is 1. The summed E-state index contributed by atoms with van der Waals surface area (Å²) in [6, 6.07) is 26.7. The van der Waals surface area contributed by atoms with Gasteiger partial charge in [0, 0.05) is 31.1 Å². The largest absolute Gasteiger partial charge is 0.332 e. The molecule has 238 valence electrons. The van der Waals surface area contributed by atoms with Crippen molar-refractivity contribution in [3.63, 3.8) is 0 Å². The first-order valence-corrected chi connectivity index (χ1v) is 16.8. The summed E-state index contributed by atoms with van der Waals surface area (Å²) in [7, 11) is 0. The van der Waals surface area contributed by atoms with Gasteiger partial charge in [-0.1, -0.05) is 98.1 Å². The fourth-order valence-electron chi connectivity index (χ4n) is 7.13. The predicted molar refractivity (Wildman–Crippen MR) is 181 cm³/mol. The van der Waals surface area contributed by atoms with Crippen molar-refractivity contribution in [1.82, 2.24) is 39.3 Å². The number of H-pyrrole nitrogens is 1. The topological polar surface area (TPSA) is 116 Å². The zero-order chi connectivity index (χ0) is 31.7. The number of benzene rings is 3. The molecule has 2 aliphatic carbocycles. The normalized spacial score (nSPS) is 15.4. The second-order valence-corrected chi connectivity index (χ2v) is 13.1. The van der Waals surface area contributed by atoms with E-state index in [1.165, 1.54) is 11.0 Å². The zero-order valence-electron chi connectivity index (χ0n) is 26.4. The second kappa shape index (κ2) is 12.6. The smallest absolute Gasteiger partial charge is 0.317 e. The van der Waals surface area contributed by atoms with Gasteiger partial charge in [-0.2, -0.15) is 0 Å². The van der Waals surface area contributed by atoms with Gasteiger partial charge in [0.25, 0.3) is 5.56 Å². The van der Waals surface area contributed by atoms with Crippen LogP contribution in [0.2, 0.25) is 0 Å². The first-order chi connectivity index (χ1) is 23.1. The maximum atomic E-state index is 14.3. The highest BCUT2D eigenvalue weighted by Gasteiger charge is 2.29. The average Bonchev–Trinajstić information content (AvgIpc) is 3.62. The van der Waals surface area contributed by atoms with Gasteiger partial charge in [-0.25, -0.2) is 14.9 Å². The maximum Gasteiger partial charge on any atom is 0.332 e. The summed E-state index contributed by atoms with van der Waals surface area (Å²) in [6.45, 7) is 1.45. The van der Waals surface area contributed by atoms with E-state index >= 15 is 0 Å². The lowest BCUT2D eigenvalue weighted by Gasteiger charge is -2.22. The monoisotopic (exact) mass is 626 g/mol. The van der Waals surface area contributed by atoms with E-state index in [2.05, 4.69) is 67.7 Å². The van der Waals surface area contributed by atoms with E-state index in [-0.39, 0.29) is 17.2 Å². The molecule has 0 atom stereocenters. The molecule has 2 aliphatic rings. The summed E-state index contributed by atoms with van der Waals surface area (Å²) in [4.78, 5) is 33.5. The molecule has 10 heteroatoms. The molecule has 0 aliphatic heterocycles. The van der Waals surface area contributed by atoms with Gasteiger partial charge in [-0.3, -0.25) is 13.9 Å². The van der Waals surface area contributed by atoms with Gasteiger partial charge >= 0.3 is 5.69 Å². The van der Waals surface area contributed by atoms with Crippen LogP contribution in [-0.4, -0.2) is 39.3 Å². The highest BCUT2D eigenvalue weighted by molar-refractivity contribution is 5.80. The van der Waals surface area contributed by atoms with Gasteiger partial charge in [0.05, 0.1) is 0 Å². The van der Waals surface area contributed by atoms with Crippen LogP contribution in [0.4, 0.5) is 0 Å². The van der Waals surface area contributed by atoms with E-state index < -0.39 is 0 Å². The molecule has 0 saturated heterocycles. The quantitative estimate of drug-likeness (QED) is 0.201. The molecule has 1 N–H and O–H groups in total. The van der Waals surface area contributed by atoms with E-state index in [4.69, 9.17) is 4.98 Å². The third-order valence-electron chi connectivity index (χ3n) is 9.85. The van der Waals surface area contributed by atoms with Crippen LogP contribution in [0.1, 0.15) is 67.8 Å². The number of tetrazole rings is 1. The third-order valence-corrected chi connectivity index (χ3v) is 9.85. The lowest BCUT2D eigenvalue weighted by Crippen LogP contribution is -2.41. The Morgan fingerprint density at radius 1 is 0.745 bits per heavy atom. The van der Waals surface area contributed by atoms with Crippen LogP contribution < -0.4 is 11.2 Å². The number of aromatic amines is 1. The van der Waals surface area contributed by atoms with Crippen molar-refractivity contribution in [1.29, 1.82) is 0 Å². The van der Waals surface area contributed by atoms with Crippen LogP contribution in [0.15, 0.2) is 88.5 Å². The standard InChI is InChI=1S/C37H38N8O2/c46-36-32-35(43(22-21-25-9-3-1-4-10-25)37(47)45(36)24-26-15-16-26)38-34(29-11-5-2-6-12-29)44(32)23-27-17-19-28(20-18-27)30-13-7-8-14-31(30)33-39-41-42-40-33/h1,3-4,7-10,13-14,17-20,26,29H,2,5-6,11-12,15-16,21-24H2,(H,39,40,41,42). The minimum absolute atomic E-state index is 0.214. The number of aryl methyl sites for hydroxylation is 2. The number of aromatic nitrogens is 8. The molecular formula is C37H38N8O2. The molecule has 2 fully saturated rings. The first-order valence-electron chi connectivity index (χ1n) is 16.8. The Hall–Kier alpha value is -5.12. The Balaban J connectivity index is 1.22. The van der Waals surface area contributed by atoms with Gasteiger partial charge in [-0.15, -0.1) is 5.10 Å². The number of nitrogens with one attached hydrogen (secondary N) is 1. The van der Waals surface area contributed by atoms with Gasteiger partial charge in [0.2, 0.25) is 0 Å². The number of rotatable bonds is 10. The van der Waals surface area contributed by atoms with E-state index in [1.807, 2.05) is 36.4 Å². The van der Waals surface area contributed by atoms with E-state index in [0.29, 0.717) is 49.0 Å². The minimum Gasteiger partial charge on any atom is -0.317 e. The first kappa shape index (κ1) is 29.3. The van der Waals surface area contributed by atoms with Crippen molar-refractivity contribution >= 4 is 11.2 Å². The van der Waals surface area contributed by atoms with Crippen LogP contribution in [-0.2, 0) is 26.1 Å². The number of hydrogen-bond donors (Lipinski definition) is 1. The lowest BCUT2D eigenvalue weighted by molar-refractivity contribution is 0.419. The van der Waals surface area contributed by atoms with Crippen LogP contribution >= 0.6 is 0 Å². The molecule has 0 spiro atoms. The average molecular weight is 627 g/mol. The molecule has 0 radical (unpaired) electrons. The van der Waals surface area contributed by atoms with Gasteiger partial charge in [-0.05, 0) is 70.7 Å². The highest BCUT2D eigenvalue weighted by Crippen LogP contribution is 2.35. The molecular weight excluding hydrogens is 588 g/mol. The molecule has 0 bridgehead atoms. The molecule has 2 saturated carbocycles. The molecule has 10 nitrogen and oxygen atoms in total. The summed E-state index contributed by atoms with van der Waals surface area (Å²) < 4.78 is 5.40. The Morgan fingerprint density at radius 3 is 2.21 bits per heavy atom. The Morgan fingerprint density at radius 2 is 1.49 bits per heavy atom. The molecule has 8 rings (SSSR count). The number of nitrogens with zero attached hydrogens (tertiary/aromatic N) is 7. The van der Waals surface area contributed by atoms with Crippen molar-refractivity contribution in [3.8, 4) is 22.5 Å². The molecule has 47 heavy (non-hydrogen) atoms. The summed E-state index contributed by atoms with van der Waals surface area (Å²) >= 11 is 0. The summed E-state index contributed by atoms with van der Waals surface area (Å²) in [5.41, 5.74) is 5.84. The van der Waals surface area contributed by atoms with E-state index in [1.54, 1.807) is 4.57 Å². The van der Waals surface area contributed by atoms with Crippen LogP contribution in [0, 0.1) is 5.92 Å². The minimum atomic E-state index is -0.241. The summed E-state index contributed by atoms with van der Waals surface area (Å²) in [5.74, 6) is 2.19. The van der Waals surface area contributed by atoms with Gasteiger partial charge < -0.3 is 4.57 Å². The maximum absolute atomic E-state index is 14.3. The Labute approximate surface area is 272 Å². The Kier molecular flexibility index (Phi) is 7.84. The number of fused-ring (bicyclic) bond motifs is 1. The third kappa shape index (κ3) is 5.84. The zero-order valence-corrected chi connectivity index (χ0v) is 26.4.